The number of H-pyrrole nitrogens is 1. The summed E-state index contributed by atoms with van der Waals surface area (Å²) in [6.45, 7) is 9.21. The summed E-state index contributed by atoms with van der Waals surface area (Å²) in [6.07, 6.45) is 1.93. The zero-order chi connectivity index (χ0) is 18.4. The number of aromatic amines is 1. The van der Waals surface area contributed by atoms with Crippen LogP contribution in [0, 0.1) is 18.8 Å². The van der Waals surface area contributed by atoms with Gasteiger partial charge in [0, 0.05) is 17.8 Å². The quantitative estimate of drug-likeness (QED) is 0.604. The van der Waals surface area contributed by atoms with E-state index in [0.29, 0.717) is 29.8 Å². The summed E-state index contributed by atoms with van der Waals surface area (Å²) in [4.78, 5) is 38.6. The fourth-order valence-electron chi connectivity index (χ4n) is 2.99. The number of carbonyl (C=O) groups is 3. The number of amides is 1. The molecule has 0 radical (unpaired) electrons. The number of carboxylic acid groups (broad SMARTS) is 1. The van der Waals surface area contributed by atoms with Crippen molar-refractivity contribution in [3.8, 4) is 0 Å². The van der Waals surface area contributed by atoms with Crippen molar-refractivity contribution < 1.29 is 19.5 Å². The summed E-state index contributed by atoms with van der Waals surface area (Å²) < 4.78 is 0. The Morgan fingerprint density at radius 1 is 1.25 bits per heavy atom. The van der Waals surface area contributed by atoms with Gasteiger partial charge in [0.25, 0.3) is 5.91 Å². The van der Waals surface area contributed by atoms with Crippen molar-refractivity contribution >= 4 is 17.7 Å². The number of aliphatic carboxylic acids is 1. The average molecular weight is 336 g/mol. The van der Waals surface area contributed by atoms with Crippen LogP contribution < -0.4 is 5.32 Å². The Hall–Kier alpha value is -2.11. The number of aromatic nitrogens is 1. The number of aryl methyl sites for hydroxylation is 1. The summed E-state index contributed by atoms with van der Waals surface area (Å²) in [5.41, 5.74) is 2.33. The van der Waals surface area contributed by atoms with Crippen molar-refractivity contribution in [2.24, 2.45) is 11.8 Å². The van der Waals surface area contributed by atoms with Crippen LogP contribution in [0.2, 0.25) is 0 Å². The van der Waals surface area contributed by atoms with Crippen LogP contribution in [0.25, 0.3) is 0 Å². The molecule has 3 N–H and O–H groups in total. The molecule has 1 heterocycles. The smallest absolute Gasteiger partial charge is 0.308 e. The van der Waals surface area contributed by atoms with E-state index in [1.165, 1.54) is 6.92 Å². The summed E-state index contributed by atoms with van der Waals surface area (Å²) >= 11 is 0. The highest BCUT2D eigenvalue weighted by atomic mass is 16.4. The van der Waals surface area contributed by atoms with Crippen molar-refractivity contribution in [1.29, 1.82) is 0 Å². The van der Waals surface area contributed by atoms with Gasteiger partial charge in [0.05, 0.1) is 5.92 Å². The van der Waals surface area contributed by atoms with E-state index in [9.17, 15) is 19.5 Å². The largest absolute Gasteiger partial charge is 0.481 e. The SMILES string of the molecule is CCCc1c(C(=O)NCC(CC(C)C)C(=O)O)[nH]c(C)c1C(C)=O. The highest BCUT2D eigenvalue weighted by molar-refractivity contribution is 6.02. The molecule has 0 aromatic carbocycles. The zero-order valence-corrected chi connectivity index (χ0v) is 15.2. The highest BCUT2D eigenvalue weighted by Gasteiger charge is 2.24. The first-order valence-electron chi connectivity index (χ1n) is 8.42. The lowest BCUT2D eigenvalue weighted by Crippen LogP contribution is -2.34. The predicted molar refractivity (Wildman–Crippen MR) is 92.4 cm³/mol. The number of hydrogen-bond acceptors (Lipinski definition) is 3. The Morgan fingerprint density at radius 2 is 1.88 bits per heavy atom. The number of hydrogen-bond donors (Lipinski definition) is 3. The molecule has 0 bridgehead atoms. The van der Waals surface area contributed by atoms with Gasteiger partial charge in [-0.25, -0.2) is 0 Å². The molecule has 0 aliphatic heterocycles. The number of rotatable bonds is 9. The third-order valence-electron chi connectivity index (χ3n) is 3.98. The predicted octanol–water partition coefficient (Wildman–Crippen LogP) is 2.95. The highest BCUT2D eigenvalue weighted by Crippen LogP contribution is 2.21. The van der Waals surface area contributed by atoms with E-state index in [-0.39, 0.29) is 24.2 Å². The lowest BCUT2D eigenvalue weighted by Gasteiger charge is -2.15. The number of carboxylic acids is 1. The first-order chi connectivity index (χ1) is 11.2. The monoisotopic (exact) mass is 336 g/mol. The summed E-state index contributed by atoms with van der Waals surface area (Å²) in [6, 6.07) is 0. The average Bonchev–Trinajstić information content (AvgIpc) is 2.79. The Bertz CT molecular complexity index is 617. The van der Waals surface area contributed by atoms with Crippen molar-refractivity contribution in [3.63, 3.8) is 0 Å². The number of nitrogens with one attached hydrogen (secondary N) is 2. The minimum Gasteiger partial charge on any atom is -0.481 e. The normalized spacial score (nSPS) is 12.2. The second kappa shape index (κ2) is 8.66. The van der Waals surface area contributed by atoms with Gasteiger partial charge < -0.3 is 15.4 Å². The minimum atomic E-state index is -0.912. The van der Waals surface area contributed by atoms with E-state index >= 15 is 0 Å². The second-order valence-electron chi connectivity index (χ2n) is 6.66. The van der Waals surface area contributed by atoms with Gasteiger partial charge in [0.2, 0.25) is 0 Å². The lowest BCUT2D eigenvalue weighted by molar-refractivity contribution is -0.142. The Morgan fingerprint density at radius 3 is 2.33 bits per heavy atom. The molecule has 0 aliphatic carbocycles. The standard InChI is InChI=1S/C18H28N2O4/c1-6-7-14-15(12(5)21)11(4)20-16(14)17(22)19-9-13(18(23)24)8-10(2)3/h10,13,20H,6-9H2,1-5H3,(H,19,22)(H,23,24). The molecule has 1 amide bonds. The summed E-state index contributed by atoms with van der Waals surface area (Å²) in [5.74, 6) is -1.73. The first kappa shape index (κ1) is 19.9. The van der Waals surface area contributed by atoms with Gasteiger partial charge in [0.1, 0.15) is 5.69 Å². The van der Waals surface area contributed by atoms with Crippen LogP contribution in [0.5, 0.6) is 0 Å². The van der Waals surface area contributed by atoms with E-state index in [1.54, 1.807) is 6.92 Å². The van der Waals surface area contributed by atoms with Crippen LogP contribution in [0.15, 0.2) is 0 Å². The maximum absolute atomic E-state index is 12.5. The number of carbonyl (C=O) groups excluding carboxylic acids is 2. The molecule has 0 spiro atoms. The van der Waals surface area contributed by atoms with Crippen molar-refractivity contribution in [2.45, 2.75) is 53.9 Å². The fraction of sp³-hybridized carbons (Fsp3) is 0.611. The van der Waals surface area contributed by atoms with Gasteiger partial charge in [-0.15, -0.1) is 0 Å². The van der Waals surface area contributed by atoms with E-state index in [0.717, 1.165) is 12.0 Å². The van der Waals surface area contributed by atoms with Gasteiger partial charge in [-0.05, 0) is 38.2 Å². The molecule has 134 valence electrons. The van der Waals surface area contributed by atoms with Crippen LogP contribution in [-0.4, -0.2) is 34.3 Å². The van der Waals surface area contributed by atoms with Crippen molar-refractivity contribution in [2.75, 3.05) is 6.54 Å². The van der Waals surface area contributed by atoms with Crippen LogP contribution in [0.1, 0.15) is 72.6 Å². The fourth-order valence-corrected chi connectivity index (χ4v) is 2.99. The van der Waals surface area contributed by atoms with Crippen molar-refractivity contribution in [3.05, 3.63) is 22.5 Å². The summed E-state index contributed by atoms with van der Waals surface area (Å²) in [5, 5.41) is 12.0. The maximum atomic E-state index is 12.5. The third kappa shape index (κ3) is 4.94. The molecule has 6 nitrogen and oxygen atoms in total. The zero-order valence-electron chi connectivity index (χ0n) is 15.2. The topological polar surface area (TPSA) is 99.3 Å². The van der Waals surface area contributed by atoms with Gasteiger partial charge in [0.15, 0.2) is 5.78 Å². The molecule has 1 aromatic rings. The molecule has 1 aromatic heterocycles. The third-order valence-corrected chi connectivity index (χ3v) is 3.98. The molecule has 0 fully saturated rings. The van der Waals surface area contributed by atoms with Gasteiger partial charge >= 0.3 is 5.97 Å². The Labute approximate surface area is 143 Å². The van der Waals surface area contributed by atoms with E-state index in [2.05, 4.69) is 10.3 Å². The molecule has 1 rings (SSSR count). The van der Waals surface area contributed by atoms with E-state index in [1.807, 2.05) is 20.8 Å². The van der Waals surface area contributed by atoms with Crippen LogP contribution in [0.3, 0.4) is 0 Å². The molecule has 1 atom stereocenters. The van der Waals surface area contributed by atoms with E-state index < -0.39 is 11.9 Å². The molecule has 1 unspecified atom stereocenters. The molecule has 24 heavy (non-hydrogen) atoms. The molecule has 0 saturated carbocycles. The van der Waals surface area contributed by atoms with E-state index in [4.69, 9.17) is 0 Å². The van der Waals surface area contributed by atoms with Crippen LogP contribution in [0.4, 0.5) is 0 Å². The lowest BCUT2D eigenvalue weighted by atomic mass is 9.97. The van der Waals surface area contributed by atoms with Gasteiger partial charge in [-0.2, -0.15) is 0 Å². The minimum absolute atomic E-state index is 0.0746. The Balaban J connectivity index is 2.97. The first-order valence-corrected chi connectivity index (χ1v) is 8.42. The molecular formula is C18H28N2O4. The molecule has 0 saturated heterocycles. The molecular weight excluding hydrogens is 308 g/mol. The van der Waals surface area contributed by atoms with Crippen molar-refractivity contribution in [1.82, 2.24) is 10.3 Å². The molecule has 6 heteroatoms. The number of ketones is 1. The molecule has 0 aliphatic rings. The number of Topliss-reactive ketones (excluding diaryl/α,β-unsaturated/α-hetero) is 1. The van der Waals surface area contributed by atoms with Gasteiger partial charge in [-0.1, -0.05) is 27.2 Å². The maximum Gasteiger partial charge on any atom is 0.308 e. The van der Waals surface area contributed by atoms with Crippen LogP contribution in [-0.2, 0) is 11.2 Å². The Kier molecular flexibility index (Phi) is 7.19. The van der Waals surface area contributed by atoms with Gasteiger partial charge in [-0.3, -0.25) is 14.4 Å². The van der Waals surface area contributed by atoms with Crippen LogP contribution >= 0.6 is 0 Å². The second-order valence-corrected chi connectivity index (χ2v) is 6.66. The summed E-state index contributed by atoms with van der Waals surface area (Å²) in [7, 11) is 0.